The Morgan fingerprint density at radius 1 is 1.05 bits per heavy atom. The lowest BCUT2D eigenvalue weighted by Crippen LogP contribution is -2.48. The SMILES string of the molecule is Cc1cccc(Cl)c1S(=O)(=O)N(CCOCC(=O)N1CCC(OCCN2CCCC2)(c2ccc(F)cc2)CC1)C1CC1. The number of carbonyl (C=O) groups is 1. The third kappa shape index (κ3) is 7.34. The first-order valence-electron chi connectivity index (χ1n) is 14.9. The fourth-order valence-corrected chi connectivity index (χ4v) is 8.55. The van der Waals surface area contributed by atoms with Crippen molar-refractivity contribution < 1.29 is 27.1 Å². The van der Waals surface area contributed by atoms with Gasteiger partial charge in [0.15, 0.2) is 0 Å². The Morgan fingerprint density at radius 3 is 2.38 bits per heavy atom. The average molecular weight is 622 g/mol. The molecule has 8 nitrogen and oxygen atoms in total. The highest BCUT2D eigenvalue weighted by atomic mass is 35.5. The lowest BCUT2D eigenvalue weighted by molar-refractivity contribution is -0.144. The lowest BCUT2D eigenvalue weighted by atomic mass is 9.84. The molecule has 0 bridgehead atoms. The fraction of sp³-hybridized carbons (Fsp3) is 0.581. The molecule has 3 aliphatic rings. The molecule has 1 aliphatic carbocycles. The first-order chi connectivity index (χ1) is 20.2. The van der Waals surface area contributed by atoms with Crippen LogP contribution < -0.4 is 0 Å². The van der Waals surface area contributed by atoms with Gasteiger partial charge in [-0.3, -0.25) is 4.79 Å². The van der Waals surface area contributed by atoms with Crippen LogP contribution in [-0.4, -0.2) is 93.6 Å². The van der Waals surface area contributed by atoms with Crippen molar-refractivity contribution in [2.45, 2.75) is 62.0 Å². The van der Waals surface area contributed by atoms with E-state index in [1.165, 1.54) is 29.3 Å². The van der Waals surface area contributed by atoms with Crippen LogP contribution >= 0.6 is 11.6 Å². The molecule has 0 aromatic heterocycles. The van der Waals surface area contributed by atoms with Crippen molar-refractivity contribution >= 4 is 27.5 Å². The normalized spacial score (nSPS) is 19.5. The van der Waals surface area contributed by atoms with Crippen LogP contribution in [0.4, 0.5) is 4.39 Å². The molecule has 11 heteroatoms. The average Bonchev–Trinajstić information content (AvgIpc) is 3.66. The van der Waals surface area contributed by atoms with Crippen LogP contribution in [0, 0.1) is 12.7 Å². The molecule has 0 atom stereocenters. The van der Waals surface area contributed by atoms with Crippen LogP contribution in [0.2, 0.25) is 5.02 Å². The molecule has 0 spiro atoms. The number of nitrogens with zero attached hydrogens (tertiary/aromatic N) is 3. The van der Waals surface area contributed by atoms with E-state index in [1.807, 2.05) is 0 Å². The molecule has 1 saturated carbocycles. The standard InChI is InChI=1S/C31H41ClFN3O5S/c1-24-5-4-6-28(32)30(24)42(38,39)36(27-11-12-27)20-21-40-23-29(37)35-17-13-31(14-18-35,25-7-9-26(33)10-8-25)41-22-19-34-15-2-3-16-34/h4-10,27H,2-3,11-23H2,1H3. The zero-order valence-corrected chi connectivity index (χ0v) is 25.8. The summed E-state index contributed by atoms with van der Waals surface area (Å²) in [6, 6.07) is 11.5. The first-order valence-corrected chi connectivity index (χ1v) is 16.8. The summed E-state index contributed by atoms with van der Waals surface area (Å²) >= 11 is 6.28. The second-order valence-corrected chi connectivity index (χ2v) is 13.8. The molecule has 1 amide bonds. The maximum Gasteiger partial charge on any atom is 0.248 e. The van der Waals surface area contributed by atoms with E-state index in [9.17, 15) is 17.6 Å². The maximum absolute atomic E-state index is 13.7. The van der Waals surface area contributed by atoms with Gasteiger partial charge in [0, 0.05) is 32.2 Å². The van der Waals surface area contributed by atoms with Gasteiger partial charge >= 0.3 is 0 Å². The van der Waals surface area contributed by atoms with Crippen molar-refractivity contribution in [3.8, 4) is 0 Å². The van der Waals surface area contributed by atoms with Gasteiger partial charge in [-0.2, -0.15) is 4.31 Å². The second-order valence-electron chi connectivity index (χ2n) is 11.6. The van der Waals surface area contributed by atoms with Gasteiger partial charge in [0.1, 0.15) is 17.3 Å². The molecule has 2 aromatic rings. The van der Waals surface area contributed by atoms with Gasteiger partial charge in [0.25, 0.3) is 0 Å². The molecule has 3 fully saturated rings. The minimum atomic E-state index is -3.79. The predicted octanol–water partition coefficient (Wildman–Crippen LogP) is 4.59. The summed E-state index contributed by atoms with van der Waals surface area (Å²) in [5.41, 5.74) is 0.969. The van der Waals surface area contributed by atoms with Gasteiger partial charge in [-0.25, -0.2) is 12.8 Å². The third-order valence-electron chi connectivity index (χ3n) is 8.64. The zero-order valence-electron chi connectivity index (χ0n) is 24.3. The highest BCUT2D eigenvalue weighted by molar-refractivity contribution is 7.89. The summed E-state index contributed by atoms with van der Waals surface area (Å²) in [6.45, 7) is 6.52. The number of benzene rings is 2. The number of piperidine rings is 1. The number of hydrogen-bond donors (Lipinski definition) is 0. The Labute approximate surface area is 253 Å². The number of sulfonamides is 1. The van der Waals surface area contributed by atoms with Gasteiger partial charge in [0.05, 0.1) is 23.8 Å². The molecule has 5 rings (SSSR count). The number of likely N-dealkylation sites (tertiary alicyclic amines) is 2. The molecule has 230 valence electrons. The summed E-state index contributed by atoms with van der Waals surface area (Å²) < 4.78 is 54.3. The number of hydrogen-bond acceptors (Lipinski definition) is 6. The number of aryl methyl sites for hydroxylation is 1. The third-order valence-corrected chi connectivity index (χ3v) is 11.2. The van der Waals surface area contributed by atoms with E-state index in [0.717, 1.165) is 38.0 Å². The topological polar surface area (TPSA) is 79.4 Å². The Kier molecular flexibility index (Phi) is 10.2. The van der Waals surface area contributed by atoms with Crippen molar-refractivity contribution in [3.05, 3.63) is 64.4 Å². The Morgan fingerprint density at radius 2 is 1.74 bits per heavy atom. The number of halogens is 2. The van der Waals surface area contributed by atoms with Crippen molar-refractivity contribution in [3.63, 3.8) is 0 Å². The molecule has 2 aliphatic heterocycles. The summed E-state index contributed by atoms with van der Waals surface area (Å²) in [5.74, 6) is -0.423. The Balaban J connectivity index is 1.13. The van der Waals surface area contributed by atoms with E-state index in [0.29, 0.717) is 38.1 Å². The first kappa shape index (κ1) is 31.3. The summed E-state index contributed by atoms with van der Waals surface area (Å²) in [7, 11) is -3.79. The van der Waals surface area contributed by atoms with Gasteiger partial charge in [0.2, 0.25) is 15.9 Å². The summed E-state index contributed by atoms with van der Waals surface area (Å²) in [5, 5.41) is 0.207. The van der Waals surface area contributed by atoms with E-state index in [4.69, 9.17) is 21.1 Å². The van der Waals surface area contributed by atoms with Crippen molar-refractivity contribution in [1.82, 2.24) is 14.1 Å². The molecule has 2 heterocycles. The van der Waals surface area contributed by atoms with Crippen molar-refractivity contribution in [1.29, 1.82) is 0 Å². The van der Waals surface area contributed by atoms with Crippen LogP contribution in [0.25, 0.3) is 0 Å². The van der Waals surface area contributed by atoms with Crippen LogP contribution in [0.1, 0.15) is 49.7 Å². The monoisotopic (exact) mass is 621 g/mol. The summed E-state index contributed by atoms with van der Waals surface area (Å²) in [6.07, 6.45) is 5.25. The Bertz CT molecular complexity index is 1300. The zero-order chi connectivity index (χ0) is 29.7. The minimum Gasteiger partial charge on any atom is -0.370 e. The highest BCUT2D eigenvalue weighted by Crippen LogP contribution is 2.38. The lowest BCUT2D eigenvalue weighted by Gasteiger charge is -2.42. The number of ether oxygens (including phenoxy) is 2. The van der Waals surface area contributed by atoms with E-state index >= 15 is 0 Å². The molecule has 42 heavy (non-hydrogen) atoms. The van der Waals surface area contributed by atoms with E-state index in [-0.39, 0.29) is 47.4 Å². The van der Waals surface area contributed by atoms with Gasteiger partial charge in [-0.1, -0.05) is 35.9 Å². The molecular weight excluding hydrogens is 581 g/mol. The van der Waals surface area contributed by atoms with Crippen LogP contribution in [0.5, 0.6) is 0 Å². The molecule has 0 unspecified atom stereocenters. The molecule has 2 saturated heterocycles. The largest absolute Gasteiger partial charge is 0.370 e. The molecular formula is C31H41ClFN3O5S. The number of carbonyl (C=O) groups excluding carboxylic acids is 1. The minimum absolute atomic E-state index is 0.0721. The number of amides is 1. The van der Waals surface area contributed by atoms with E-state index in [2.05, 4.69) is 4.90 Å². The van der Waals surface area contributed by atoms with E-state index in [1.54, 1.807) is 42.2 Å². The van der Waals surface area contributed by atoms with Crippen LogP contribution in [0.3, 0.4) is 0 Å². The molecule has 2 aromatic carbocycles. The second kappa shape index (κ2) is 13.7. The van der Waals surface area contributed by atoms with Crippen LogP contribution in [0.15, 0.2) is 47.4 Å². The highest BCUT2D eigenvalue weighted by Gasteiger charge is 2.40. The van der Waals surface area contributed by atoms with Gasteiger partial charge < -0.3 is 19.3 Å². The fourth-order valence-electron chi connectivity index (χ4n) is 6.09. The summed E-state index contributed by atoms with van der Waals surface area (Å²) in [4.78, 5) is 17.3. The number of rotatable bonds is 13. The van der Waals surface area contributed by atoms with Crippen molar-refractivity contribution in [2.75, 3.05) is 59.1 Å². The smallest absolute Gasteiger partial charge is 0.248 e. The van der Waals surface area contributed by atoms with Crippen molar-refractivity contribution in [2.24, 2.45) is 0 Å². The predicted molar refractivity (Wildman–Crippen MR) is 159 cm³/mol. The van der Waals surface area contributed by atoms with Crippen LogP contribution in [-0.2, 0) is 29.9 Å². The Hall–Kier alpha value is -2.08. The quantitative estimate of drug-likeness (QED) is 0.305. The maximum atomic E-state index is 13.7. The van der Waals surface area contributed by atoms with Gasteiger partial charge in [-0.05, 0) is 87.9 Å². The van der Waals surface area contributed by atoms with Gasteiger partial charge in [-0.15, -0.1) is 0 Å². The molecule has 0 N–H and O–H groups in total. The van der Waals surface area contributed by atoms with E-state index < -0.39 is 15.6 Å². The molecule has 0 radical (unpaired) electrons.